The Hall–Kier alpha value is -1.32. The van der Waals surface area contributed by atoms with Gasteiger partial charge in [0.15, 0.2) is 0 Å². The number of unbranched alkanes of at least 4 members (excludes halogenated alkanes) is 2. The average Bonchev–Trinajstić information content (AvgIpc) is 2.61. The first-order valence-corrected chi connectivity index (χ1v) is 11.3. The van der Waals surface area contributed by atoms with Crippen LogP contribution in [0.1, 0.15) is 106 Å². The predicted molar refractivity (Wildman–Crippen MR) is 116 cm³/mol. The fraction of sp³-hybridized carbons (Fsp3) is 0.833. The van der Waals surface area contributed by atoms with Crippen molar-refractivity contribution in [3.63, 3.8) is 0 Å². The number of carbonyl (C=O) groups is 2. The molecule has 0 saturated carbocycles. The molecule has 0 radical (unpaired) electrons. The second-order valence-corrected chi connectivity index (χ2v) is 8.94. The summed E-state index contributed by atoms with van der Waals surface area (Å²) >= 11 is 0. The first-order valence-electron chi connectivity index (χ1n) is 11.3. The van der Waals surface area contributed by atoms with Crippen LogP contribution in [0.15, 0.2) is 11.1 Å². The highest BCUT2D eigenvalue weighted by Crippen LogP contribution is 2.30. The summed E-state index contributed by atoms with van der Waals surface area (Å²) in [5.74, 6) is -0.284. The zero-order chi connectivity index (χ0) is 21.7. The molecule has 0 saturated heterocycles. The summed E-state index contributed by atoms with van der Waals surface area (Å²) in [5.41, 5.74) is 0.236. The van der Waals surface area contributed by atoms with Crippen LogP contribution in [0.5, 0.6) is 0 Å². The summed E-state index contributed by atoms with van der Waals surface area (Å²) in [4.78, 5) is 23.7. The van der Waals surface area contributed by atoms with E-state index >= 15 is 0 Å². The highest BCUT2D eigenvalue weighted by atomic mass is 16.4. The third-order valence-corrected chi connectivity index (χ3v) is 6.15. The molecule has 164 valence electrons. The van der Waals surface area contributed by atoms with Gasteiger partial charge in [0.1, 0.15) is 0 Å². The van der Waals surface area contributed by atoms with E-state index in [4.69, 9.17) is 0 Å². The van der Waals surface area contributed by atoms with E-state index in [1.54, 1.807) is 0 Å². The van der Waals surface area contributed by atoms with E-state index < -0.39 is 11.9 Å². The Balaban J connectivity index is 5.33. The molecule has 4 nitrogen and oxygen atoms in total. The van der Waals surface area contributed by atoms with Crippen molar-refractivity contribution in [2.45, 2.75) is 106 Å². The quantitative estimate of drug-likeness (QED) is 0.277. The van der Waals surface area contributed by atoms with E-state index in [1.165, 1.54) is 0 Å². The smallest absolute Gasteiger partial charge is 0.332 e. The summed E-state index contributed by atoms with van der Waals surface area (Å²) in [6.07, 6.45) is 8.88. The SMILES string of the molecule is CCCCC(CCC(C(=O)O)=C(CCC(CCCC)C(C)C)C(=O)O)C(C)C. The highest BCUT2D eigenvalue weighted by molar-refractivity contribution is 5.98. The molecule has 0 aromatic carbocycles. The molecule has 0 heterocycles. The van der Waals surface area contributed by atoms with Crippen LogP contribution in [0.2, 0.25) is 0 Å². The van der Waals surface area contributed by atoms with Gasteiger partial charge in [-0.15, -0.1) is 0 Å². The van der Waals surface area contributed by atoms with Gasteiger partial charge < -0.3 is 10.2 Å². The van der Waals surface area contributed by atoms with Gasteiger partial charge in [-0.3, -0.25) is 0 Å². The zero-order valence-corrected chi connectivity index (χ0v) is 19.1. The molecular formula is C24H44O4. The van der Waals surface area contributed by atoms with Crippen LogP contribution in [0.25, 0.3) is 0 Å². The molecular weight excluding hydrogens is 352 g/mol. The van der Waals surface area contributed by atoms with Gasteiger partial charge in [-0.25, -0.2) is 9.59 Å². The Morgan fingerprint density at radius 2 is 0.964 bits per heavy atom. The van der Waals surface area contributed by atoms with Gasteiger partial charge >= 0.3 is 11.9 Å². The lowest BCUT2D eigenvalue weighted by Crippen LogP contribution is -2.17. The minimum atomic E-state index is -1.06. The lowest BCUT2D eigenvalue weighted by Gasteiger charge is -2.22. The third kappa shape index (κ3) is 10.3. The Morgan fingerprint density at radius 3 is 1.18 bits per heavy atom. The van der Waals surface area contributed by atoms with Crippen LogP contribution >= 0.6 is 0 Å². The summed E-state index contributed by atoms with van der Waals surface area (Å²) in [5, 5.41) is 19.4. The summed E-state index contributed by atoms with van der Waals surface area (Å²) in [6, 6.07) is 0. The van der Waals surface area contributed by atoms with Crippen molar-refractivity contribution in [1.82, 2.24) is 0 Å². The molecule has 2 atom stereocenters. The lowest BCUT2D eigenvalue weighted by atomic mass is 9.83. The van der Waals surface area contributed by atoms with Crippen LogP contribution in [-0.2, 0) is 9.59 Å². The first-order chi connectivity index (χ1) is 13.1. The van der Waals surface area contributed by atoms with E-state index in [0.29, 0.717) is 36.5 Å². The molecule has 2 N–H and O–H groups in total. The lowest BCUT2D eigenvalue weighted by molar-refractivity contribution is -0.136. The zero-order valence-electron chi connectivity index (χ0n) is 19.1. The second-order valence-electron chi connectivity index (χ2n) is 8.94. The maximum Gasteiger partial charge on any atom is 0.332 e. The van der Waals surface area contributed by atoms with Gasteiger partial charge in [0.2, 0.25) is 0 Å². The van der Waals surface area contributed by atoms with E-state index in [1.807, 2.05) is 0 Å². The van der Waals surface area contributed by atoms with Gasteiger partial charge in [-0.2, -0.15) is 0 Å². The van der Waals surface area contributed by atoms with Crippen molar-refractivity contribution in [2.24, 2.45) is 23.7 Å². The minimum Gasteiger partial charge on any atom is -0.478 e. The van der Waals surface area contributed by atoms with Crippen molar-refractivity contribution in [3.8, 4) is 0 Å². The summed E-state index contributed by atoms with van der Waals surface area (Å²) < 4.78 is 0. The van der Waals surface area contributed by atoms with E-state index in [0.717, 1.165) is 51.4 Å². The van der Waals surface area contributed by atoms with E-state index in [9.17, 15) is 19.8 Å². The molecule has 2 unspecified atom stereocenters. The number of hydrogen-bond acceptors (Lipinski definition) is 2. The third-order valence-electron chi connectivity index (χ3n) is 6.15. The fourth-order valence-corrected chi connectivity index (χ4v) is 3.99. The molecule has 0 aliphatic carbocycles. The molecule has 0 bridgehead atoms. The Bertz CT molecular complexity index is 447. The molecule has 0 aliphatic rings. The number of carboxylic acids is 2. The van der Waals surface area contributed by atoms with Crippen LogP contribution in [0, 0.1) is 23.7 Å². The van der Waals surface area contributed by atoms with Crippen molar-refractivity contribution >= 4 is 11.9 Å². The van der Waals surface area contributed by atoms with Crippen molar-refractivity contribution in [2.75, 3.05) is 0 Å². The van der Waals surface area contributed by atoms with Gasteiger partial charge in [-0.1, -0.05) is 80.1 Å². The molecule has 0 aromatic heterocycles. The summed E-state index contributed by atoms with van der Waals surface area (Å²) in [7, 11) is 0. The predicted octanol–water partition coefficient (Wildman–Crippen LogP) is 6.94. The maximum absolute atomic E-state index is 11.9. The Labute approximate surface area is 172 Å². The van der Waals surface area contributed by atoms with Gasteiger partial charge in [0.25, 0.3) is 0 Å². The number of hydrogen-bond donors (Lipinski definition) is 2. The van der Waals surface area contributed by atoms with Gasteiger partial charge in [0, 0.05) is 11.1 Å². The number of rotatable bonds is 16. The minimum absolute atomic E-state index is 0.118. The summed E-state index contributed by atoms with van der Waals surface area (Å²) in [6.45, 7) is 13.0. The molecule has 0 fully saturated rings. The molecule has 4 heteroatoms. The molecule has 0 amide bonds. The maximum atomic E-state index is 11.9. The standard InChI is InChI=1S/C24H44O4/c1-7-9-11-19(17(3)4)13-15-21(23(25)26)22(24(27)28)16-14-20(18(5)6)12-10-8-2/h17-20H,7-16H2,1-6H3,(H,25,26)(H,27,28). The Kier molecular flexibility index (Phi) is 14.0. The molecule has 28 heavy (non-hydrogen) atoms. The number of aliphatic carboxylic acids is 2. The first kappa shape index (κ1) is 26.7. The number of carboxylic acid groups (broad SMARTS) is 2. The molecule has 0 aromatic rings. The van der Waals surface area contributed by atoms with Crippen LogP contribution in [0.4, 0.5) is 0 Å². The van der Waals surface area contributed by atoms with Crippen LogP contribution < -0.4 is 0 Å². The van der Waals surface area contributed by atoms with Crippen molar-refractivity contribution < 1.29 is 19.8 Å². The normalized spacial score (nSPS) is 14.9. The monoisotopic (exact) mass is 396 g/mol. The molecule has 0 spiro atoms. The largest absolute Gasteiger partial charge is 0.478 e. The highest BCUT2D eigenvalue weighted by Gasteiger charge is 2.24. The van der Waals surface area contributed by atoms with Crippen LogP contribution in [0.3, 0.4) is 0 Å². The van der Waals surface area contributed by atoms with Crippen molar-refractivity contribution in [1.29, 1.82) is 0 Å². The van der Waals surface area contributed by atoms with E-state index in [-0.39, 0.29) is 11.1 Å². The fourth-order valence-electron chi connectivity index (χ4n) is 3.99. The Morgan fingerprint density at radius 1 is 0.643 bits per heavy atom. The second kappa shape index (κ2) is 14.6. The van der Waals surface area contributed by atoms with Gasteiger partial charge in [0.05, 0.1) is 0 Å². The van der Waals surface area contributed by atoms with E-state index in [2.05, 4.69) is 41.5 Å². The molecule has 0 rings (SSSR count). The van der Waals surface area contributed by atoms with Gasteiger partial charge in [-0.05, 0) is 49.4 Å². The topological polar surface area (TPSA) is 74.6 Å². The average molecular weight is 397 g/mol. The van der Waals surface area contributed by atoms with Crippen LogP contribution in [-0.4, -0.2) is 22.2 Å². The van der Waals surface area contributed by atoms with Crippen molar-refractivity contribution in [3.05, 3.63) is 11.1 Å². The molecule has 0 aliphatic heterocycles.